The van der Waals surface area contributed by atoms with Gasteiger partial charge in [-0.15, -0.1) is 12.4 Å². The number of hydrogen-bond donors (Lipinski definition) is 1. The molecule has 1 atom stereocenters. The van der Waals surface area contributed by atoms with Crippen molar-refractivity contribution in [3.63, 3.8) is 0 Å². The van der Waals surface area contributed by atoms with Gasteiger partial charge >= 0.3 is 0 Å². The summed E-state index contributed by atoms with van der Waals surface area (Å²) in [4.78, 5) is 19.4. The molecule has 4 rings (SSSR count). The number of hydrogen-bond acceptors (Lipinski definition) is 4. The SMILES string of the molecule is COc1ccc2c(c1)N(C)C(CNC(=O)c1ccccc1)CN=C2c1cccc(F)c1.Cl. The van der Waals surface area contributed by atoms with E-state index in [9.17, 15) is 9.18 Å². The Morgan fingerprint density at radius 3 is 2.62 bits per heavy atom. The number of benzene rings is 3. The number of aliphatic imine (C=N–C) groups is 1. The van der Waals surface area contributed by atoms with E-state index >= 15 is 0 Å². The molecule has 1 N–H and O–H groups in total. The van der Waals surface area contributed by atoms with Crippen LogP contribution in [0.5, 0.6) is 5.75 Å². The van der Waals surface area contributed by atoms with Crippen LogP contribution in [0.25, 0.3) is 0 Å². The number of rotatable bonds is 5. The Morgan fingerprint density at radius 2 is 1.91 bits per heavy atom. The van der Waals surface area contributed by atoms with E-state index in [-0.39, 0.29) is 30.2 Å². The molecule has 0 aromatic heterocycles. The van der Waals surface area contributed by atoms with Crippen LogP contribution in [0.2, 0.25) is 0 Å². The molecule has 1 aliphatic rings. The van der Waals surface area contributed by atoms with E-state index in [2.05, 4.69) is 10.2 Å². The lowest BCUT2D eigenvalue weighted by atomic mass is 10.00. The first-order valence-corrected chi connectivity index (χ1v) is 10.1. The third-order valence-corrected chi connectivity index (χ3v) is 5.48. The fraction of sp³-hybridized carbons (Fsp3) is 0.200. The molecule has 1 heterocycles. The molecule has 0 fully saturated rings. The van der Waals surface area contributed by atoms with Crippen LogP contribution in [0.4, 0.5) is 10.1 Å². The molecule has 7 heteroatoms. The van der Waals surface area contributed by atoms with Gasteiger partial charge in [0, 0.05) is 42.0 Å². The molecule has 1 unspecified atom stereocenters. The van der Waals surface area contributed by atoms with Gasteiger partial charge in [-0.05, 0) is 36.4 Å². The molecule has 5 nitrogen and oxygen atoms in total. The normalized spacial score (nSPS) is 15.0. The van der Waals surface area contributed by atoms with Crippen LogP contribution >= 0.6 is 12.4 Å². The van der Waals surface area contributed by atoms with Crippen LogP contribution in [-0.2, 0) is 0 Å². The quantitative estimate of drug-likeness (QED) is 0.625. The summed E-state index contributed by atoms with van der Waals surface area (Å²) in [7, 11) is 3.60. The van der Waals surface area contributed by atoms with Gasteiger partial charge in [0.25, 0.3) is 5.91 Å². The van der Waals surface area contributed by atoms with Crippen molar-refractivity contribution in [2.45, 2.75) is 6.04 Å². The van der Waals surface area contributed by atoms with Crippen molar-refractivity contribution in [2.24, 2.45) is 4.99 Å². The molecule has 32 heavy (non-hydrogen) atoms. The molecule has 0 saturated heterocycles. The fourth-order valence-electron chi connectivity index (χ4n) is 3.72. The number of fused-ring (bicyclic) bond motifs is 1. The summed E-state index contributed by atoms with van der Waals surface area (Å²) in [6.45, 7) is 0.870. The van der Waals surface area contributed by atoms with Crippen LogP contribution in [-0.4, -0.2) is 44.9 Å². The molecule has 3 aromatic rings. The highest BCUT2D eigenvalue weighted by atomic mass is 35.5. The van der Waals surface area contributed by atoms with Gasteiger partial charge in [-0.2, -0.15) is 0 Å². The van der Waals surface area contributed by atoms with E-state index in [1.807, 2.05) is 49.5 Å². The molecule has 0 aliphatic carbocycles. The Kier molecular flexibility index (Phi) is 7.49. The van der Waals surface area contributed by atoms with Crippen LogP contribution < -0.4 is 15.0 Å². The number of carbonyl (C=O) groups is 1. The average molecular weight is 454 g/mol. The van der Waals surface area contributed by atoms with E-state index in [0.717, 1.165) is 22.7 Å². The minimum absolute atomic E-state index is 0. The maximum absolute atomic E-state index is 13.9. The summed E-state index contributed by atoms with van der Waals surface area (Å²) in [5, 5.41) is 3.01. The highest BCUT2D eigenvalue weighted by Gasteiger charge is 2.25. The standard InChI is InChI=1S/C25H24FN3O2.ClH/c1-29-20(16-28-25(30)17-7-4-3-5-8-17)15-27-24(18-9-6-10-19(26)13-18)22-12-11-21(31-2)14-23(22)29;/h3-14,20H,15-16H2,1-2H3,(H,28,30);1H. The number of halogens is 2. The summed E-state index contributed by atoms with van der Waals surface area (Å²) >= 11 is 0. The lowest BCUT2D eigenvalue weighted by molar-refractivity contribution is 0.0951. The molecule has 1 aliphatic heterocycles. The average Bonchev–Trinajstić information content (AvgIpc) is 2.94. The van der Waals surface area contributed by atoms with E-state index < -0.39 is 0 Å². The third-order valence-electron chi connectivity index (χ3n) is 5.48. The predicted molar refractivity (Wildman–Crippen MR) is 128 cm³/mol. The first kappa shape index (κ1) is 23.3. The zero-order valence-electron chi connectivity index (χ0n) is 17.9. The monoisotopic (exact) mass is 453 g/mol. The number of benzodiazepines with no additional fused rings is 1. The first-order valence-electron chi connectivity index (χ1n) is 10.1. The van der Waals surface area contributed by atoms with Gasteiger partial charge in [-0.25, -0.2) is 4.39 Å². The Bertz CT molecular complexity index is 1120. The zero-order chi connectivity index (χ0) is 21.8. The summed E-state index contributed by atoms with van der Waals surface area (Å²) in [6.07, 6.45) is 0. The molecule has 1 amide bonds. The minimum atomic E-state index is -0.306. The van der Waals surface area contributed by atoms with Gasteiger partial charge in [0.05, 0.1) is 25.4 Å². The van der Waals surface area contributed by atoms with Gasteiger partial charge in [-0.1, -0.05) is 30.3 Å². The number of amides is 1. The highest BCUT2D eigenvalue weighted by molar-refractivity contribution is 6.16. The lowest BCUT2D eigenvalue weighted by Crippen LogP contribution is -2.43. The fourth-order valence-corrected chi connectivity index (χ4v) is 3.72. The highest BCUT2D eigenvalue weighted by Crippen LogP contribution is 2.31. The van der Waals surface area contributed by atoms with Crippen LogP contribution in [0.3, 0.4) is 0 Å². The van der Waals surface area contributed by atoms with Crippen molar-refractivity contribution in [1.82, 2.24) is 5.32 Å². The molecule has 0 spiro atoms. The predicted octanol–water partition coefficient (Wildman–Crippen LogP) is 4.34. The van der Waals surface area contributed by atoms with Crippen molar-refractivity contribution < 1.29 is 13.9 Å². The Hall–Kier alpha value is -3.38. The second-order valence-electron chi connectivity index (χ2n) is 7.42. The first-order chi connectivity index (χ1) is 15.1. The summed E-state index contributed by atoms with van der Waals surface area (Å²) < 4.78 is 19.3. The van der Waals surface area contributed by atoms with Crippen LogP contribution in [0.15, 0.2) is 77.8 Å². The maximum atomic E-state index is 13.9. The van der Waals surface area contributed by atoms with Gasteiger partial charge in [0.15, 0.2) is 0 Å². The van der Waals surface area contributed by atoms with Gasteiger partial charge in [-0.3, -0.25) is 9.79 Å². The topological polar surface area (TPSA) is 53.9 Å². The third kappa shape index (κ3) is 4.92. The Labute approximate surface area is 193 Å². The van der Waals surface area contributed by atoms with Gasteiger partial charge < -0.3 is 15.0 Å². The van der Waals surface area contributed by atoms with E-state index in [1.165, 1.54) is 12.1 Å². The lowest BCUT2D eigenvalue weighted by Gasteiger charge is -2.29. The number of likely N-dealkylation sites (N-methyl/N-ethyl adjacent to an activating group) is 1. The van der Waals surface area contributed by atoms with Gasteiger partial charge in [0.2, 0.25) is 0 Å². The summed E-state index contributed by atoms with van der Waals surface area (Å²) in [6, 6.07) is 21.3. The molecule has 0 radical (unpaired) electrons. The van der Waals surface area contributed by atoms with Crippen molar-refractivity contribution in [2.75, 3.05) is 32.1 Å². The number of nitrogens with zero attached hydrogens (tertiary/aromatic N) is 2. The smallest absolute Gasteiger partial charge is 0.251 e. The second kappa shape index (κ2) is 10.3. The number of methoxy groups -OCH3 is 1. The largest absolute Gasteiger partial charge is 0.497 e. The molecule has 166 valence electrons. The number of anilines is 1. The molecule has 3 aromatic carbocycles. The Morgan fingerprint density at radius 1 is 1.12 bits per heavy atom. The molecule has 0 bridgehead atoms. The molecular formula is C25H25ClFN3O2. The minimum Gasteiger partial charge on any atom is -0.497 e. The van der Waals surface area contributed by atoms with E-state index in [0.29, 0.717) is 24.2 Å². The summed E-state index contributed by atoms with van der Waals surface area (Å²) in [5.74, 6) is 0.288. The number of nitrogens with one attached hydrogen (secondary N) is 1. The van der Waals surface area contributed by atoms with Crippen molar-refractivity contribution in [3.8, 4) is 5.75 Å². The second-order valence-corrected chi connectivity index (χ2v) is 7.42. The van der Waals surface area contributed by atoms with E-state index in [1.54, 1.807) is 25.3 Å². The van der Waals surface area contributed by atoms with Crippen LogP contribution in [0.1, 0.15) is 21.5 Å². The number of carbonyl (C=O) groups excluding carboxylic acids is 1. The Balaban J connectivity index is 0.00000289. The molecule has 0 saturated carbocycles. The summed E-state index contributed by atoms with van der Waals surface area (Å²) in [5.41, 5.74) is 3.86. The van der Waals surface area contributed by atoms with E-state index in [4.69, 9.17) is 9.73 Å². The maximum Gasteiger partial charge on any atom is 0.251 e. The zero-order valence-corrected chi connectivity index (χ0v) is 18.7. The van der Waals surface area contributed by atoms with Crippen molar-refractivity contribution in [1.29, 1.82) is 0 Å². The molecular weight excluding hydrogens is 429 g/mol. The number of ether oxygens (including phenoxy) is 1. The van der Waals surface area contributed by atoms with Crippen molar-refractivity contribution >= 4 is 29.7 Å². The van der Waals surface area contributed by atoms with Gasteiger partial charge in [0.1, 0.15) is 11.6 Å². The van der Waals surface area contributed by atoms with Crippen molar-refractivity contribution in [3.05, 3.63) is 95.3 Å². The van der Waals surface area contributed by atoms with Crippen LogP contribution in [0, 0.1) is 5.82 Å².